The van der Waals surface area contributed by atoms with Crippen molar-refractivity contribution in [1.82, 2.24) is 4.90 Å². The Balaban J connectivity index is 1.93. The molecule has 0 amide bonds. The van der Waals surface area contributed by atoms with Gasteiger partial charge in [-0.2, -0.15) is 0 Å². The van der Waals surface area contributed by atoms with Gasteiger partial charge in [-0.25, -0.2) is 0 Å². The van der Waals surface area contributed by atoms with E-state index in [1.807, 2.05) is 12.1 Å². The molecule has 20 heavy (non-hydrogen) atoms. The summed E-state index contributed by atoms with van der Waals surface area (Å²) in [5.74, 6) is 0.849. The van der Waals surface area contributed by atoms with Crippen LogP contribution in [0.5, 0.6) is 0 Å². The zero-order valence-corrected chi connectivity index (χ0v) is 13.7. The van der Waals surface area contributed by atoms with E-state index in [4.69, 9.17) is 18.0 Å². The van der Waals surface area contributed by atoms with Gasteiger partial charge in [0.15, 0.2) is 0 Å². The minimum absolute atomic E-state index is 0.442. The molecule has 1 aliphatic heterocycles. The molecule has 1 aromatic carbocycles. The number of rotatable bonds is 3. The molecule has 2 rings (SSSR count). The quantitative estimate of drug-likeness (QED) is 0.863. The third-order valence-corrected chi connectivity index (χ3v) is 4.67. The van der Waals surface area contributed by atoms with Crippen molar-refractivity contribution in [2.45, 2.75) is 40.2 Å². The fourth-order valence-corrected chi connectivity index (χ4v) is 3.17. The molecule has 0 saturated carbocycles. The van der Waals surface area contributed by atoms with E-state index >= 15 is 0 Å². The monoisotopic (exact) mass is 290 g/mol. The zero-order chi connectivity index (χ0) is 14.8. The van der Waals surface area contributed by atoms with Crippen LogP contribution in [-0.2, 0) is 6.54 Å². The van der Waals surface area contributed by atoms with E-state index in [0.717, 1.165) is 18.0 Å². The molecule has 1 heterocycles. The highest BCUT2D eigenvalue weighted by molar-refractivity contribution is 7.80. The molecule has 1 aromatic rings. The summed E-state index contributed by atoms with van der Waals surface area (Å²) in [4.78, 5) is 3.03. The number of thiocarbonyl (C=S) groups is 1. The van der Waals surface area contributed by atoms with E-state index in [1.54, 1.807) is 0 Å². The van der Waals surface area contributed by atoms with Crippen LogP contribution in [0.2, 0.25) is 0 Å². The maximum atomic E-state index is 5.70. The molecule has 2 N–H and O–H groups in total. The van der Waals surface area contributed by atoms with Gasteiger partial charge in [0.2, 0.25) is 0 Å². The molecular formula is C17H26N2S. The van der Waals surface area contributed by atoms with Gasteiger partial charge in [-0.15, -0.1) is 0 Å². The summed E-state index contributed by atoms with van der Waals surface area (Å²) in [5.41, 5.74) is 8.43. The third kappa shape index (κ3) is 4.03. The van der Waals surface area contributed by atoms with Crippen molar-refractivity contribution in [2.75, 3.05) is 13.1 Å². The maximum absolute atomic E-state index is 5.70. The van der Waals surface area contributed by atoms with Gasteiger partial charge in [-0.1, -0.05) is 51.2 Å². The van der Waals surface area contributed by atoms with Gasteiger partial charge in [-0.3, -0.25) is 4.90 Å². The Bertz CT molecular complexity index is 468. The topological polar surface area (TPSA) is 29.3 Å². The van der Waals surface area contributed by atoms with Crippen LogP contribution in [-0.4, -0.2) is 23.0 Å². The molecule has 1 aliphatic rings. The number of likely N-dealkylation sites (tertiary alicyclic amines) is 1. The van der Waals surface area contributed by atoms with Crippen LogP contribution in [0.3, 0.4) is 0 Å². The SMILES string of the molecule is CC(C)(C)C1CCN(Cc2cccc(C(N)=S)c2)CC1. The second-order valence-corrected chi connectivity index (χ2v) is 7.42. The van der Waals surface area contributed by atoms with Crippen LogP contribution in [0.15, 0.2) is 24.3 Å². The lowest BCUT2D eigenvalue weighted by Crippen LogP contribution is -2.37. The first-order valence-corrected chi connectivity index (χ1v) is 7.88. The molecule has 0 spiro atoms. The Morgan fingerprint density at radius 1 is 1.30 bits per heavy atom. The summed E-state index contributed by atoms with van der Waals surface area (Å²) in [5, 5.41) is 0. The molecule has 0 unspecified atom stereocenters. The Hall–Kier alpha value is -0.930. The maximum Gasteiger partial charge on any atom is 0.103 e. The lowest BCUT2D eigenvalue weighted by atomic mass is 9.75. The summed E-state index contributed by atoms with van der Waals surface area (Å²) in [6.07, 6.45) is 2.61. The van der Waals surface area contributed by atoms with Crippen LogP contribution < -0.4 is 5.73 Å². The Morgan fingerprint density at radius 2 is 1.95 bits per heavy atom. The van der Waals surface area contributed by atoms with Crippen LogP contribution in [0, 0.1) is 11.3 Å². The van der Waals surface area contributed by atoms with Crippen molar-refractivity contribution in [3.05, 3.63) is 35.4 Å². The molecule has 0 aromatic heterocycles. The van der Waals surface area contributed by atoms with Crippen LogP contribution in [0.25, 0.3) is 0 Å². The van der Waals surface area contributed by atoms with Crippen molar-refractivity contribution < 1.29 is 0 Å². The van der Waals surface area contributed by atoms with Crippen molar-refractivity contribution in [3.63, 3.8) is 0 Å². The molecule has 110 valence electrons. The Labute approximate surface area is 128 Å². The van der Waals surface area contributed by atoms with Crippen molar-refractivity contribution >= 4 is 17.2 Å². The van der Waals surface area contributed by atoms with Gasteiger partial charge in [0, 0.05) is 12.1 Å². The largest absolute Gasteiger partial charge is 0.389 e. The van der Waals surface area contributed by atoms with E-state index < -0.39 is 0 Å². The number of nitrogens with zero attached hydrogens (tertiary/aromatic N) is 1. The minimum Gasteiger partial charge on any atom is -0.389 e. The van der Waals surface area contributed by atoms with Gasteiger partial charge < -0.3 is 5.73 Å². The van der Waals surface area contributed by atoms with Gasteiger partial charge in [0.1, 0.15) is 4.99 Å². The Morgan fingerprint density at radius 3 is 2.50 bits per heavy atom. The van der Waals surface area contributed by atoms with Crippen molar-refractivity contribution in [2.24, 2.45) is 17.1 Å². The molecule has 0 bridgehead atoms. The number of hydrogen-bond acceptors (Lipinski definition) is 2. The molecule has 1 saturated heterocycles. The summed E-state index contributed by atoms with van der Waals surface area (Å²) in [6, 6.07) is 8.32. The normalized spacial score (nSPS) is 18.1. The molecule has 0 aliphatic carbocycles. The van der Waals surface area contributed by atoms with E-state index in [1.165, 1.54) is 31.5 Å². The molecule has 1 fully saturated rings. The molecule has 0 radical (unpaired) electrons. The van der Waals surface area contributed by atoms with Crippen LogP contribution >= 0.6 is 12.2 Å². The third-order valence-electron chi connectivity index (χ3n) is 4.43. The first-order valence-electron chi connectivity index (χ1n) is 7.47. The van der Waals surface area contributed by atoms with Gasteiger partial charge >= 0.3 is 0 Å². The molecule has 0 atom stereocenters. The number of piperidine rings is 1. The lowest BCUT2D eigenvalue weighted by Gasteiger charge is -2.38. The zero-order valence-electron chi connectivity index (χ0n) is 12.9. The second kappa shape index (κ2) is 6.23. The van der Waals surface area contributed by atoms with E-state index in [2.05, 4.69) is 37.8 Å². The van der Waals surface area contributed by atoms with Crippen LogP contribution in [0.4, 0.5) is 0 Å². The smallest absolute Gasteiger partial charge is 0.103 e. The van der Waals surface area contributed by atoms with Crippen LogP contribution in [0.1, 0.15) is 44.7 Å². The van der Waals surface area contributed by atoms with Gasteiger partial charge in [0.05, 0.1) is 0 Å². The van der Waals surface area contributed by atoms with E-state index in [-0.39, 0.29) is 0 Å². The minimum atomic E-state index is 0.442. The number of nitrogens with two attached hydrogens (primary N) is 1. The first kappa shape index (κ1) is 15.5. The molecule has 3 heteroatoms. The highest BCUT2D eigenvalue weighted by Crippen LogP contribution is 2.34. The summed E-state index contributed by atoms with van der Waals surface area (Å²) >= 11 is 5.05. The number of benzene rings is 1. The van der Waals surface area contributed by atoms with Gasteiger partial charge in [0.25, 0.3) is 0 Å². The average molecular weight is 290 g/mol. The highest BCUT2D eigenvalue weighted by Gasteiger charge is 2.28. The first-order chi connectivity index (χ1) is 9.36. The summed E-state index contributed by atoms with van der Waals surface area (Å²) < 4.78 is 0. The van der Waals surface area contributed by atoms with Gasteiger partial charge in [-0.05, 0) is 48.9 Å². The predicted octanol–water partition coefficient (Wildman–Crippen LogP) is 3.58. The summed E-state index contributed by atoms with van der Waals surface area (Å²) in [6.45, 7) is 10.5. The fourth-order valence-electron chi connectivity index (χ4n) is 3.04. The average Bonchev–Trinajstić information content (AvgIpc) is 2.38. The van der Waals surface area contributed by atoms with E-state index in [9.17, 15) is 0 Å². The lowest BCUT2D eigenvalue weighted by molar-refractivity contribution is 0.108. The number of hydrogen-bond donors (Lipinski definition) is 1. The van der Waals surface area contributed by atoms with Crippen molar-refractivity contribution in [3.8, 4) is 0 Å². The standard InChI is InChI=1S/C17H26N2S/c1-17(2,3)15-7-9-19(10-8-15)12-13-5-4-6-14(11-13)16(18)20/h4-6,11,15H,7-10,12H2,1-3H3,(H2,18,20). The molecule has 2 nitrogen and oxygen atoms in total. The molecular weight excluding hydrogens is 264 g/mol. The highest BCUT2D eigenvalue weighted by atomic mass is 32.1. The Kier molecular flexibility index (Phi) is 4.82. The van der Waals surface area contributed by atoms with Crippen molar-refractivity contribution in [1.29, 1.82) is 0 Å². The predicted molar refractivity (Wildman–Crippen MR) is 89.8 cm³/mol. The summed E-state index contributed by atoms with van der Waals surface area (Å²) in [7, 11) is 0. The van der Waals surface area contributed by atoms with E-state index in [0.29, 0.717) is 10.4 Å². The fraction of sp³-hybridized carbons (Fsp3) is 0.588. The second-order valence-electron chi connectivity index (χ2n) is 6.98.